The van der Waals surface area contributed by atoms with Crippen LogP contribution in [0.3, 0.4) is 0 Å². The molecule has 0 N–H and O–H groups in total. The number of hydrogen-bond donors (Lipinski definition) is 0. The minimum Gasteiger partial charge on any atom is -0.289 e. The number of halogens is 6. The minimum atomic E-state index is -4.83. The highest BCUT2D eigenvalue weighted by molar-refractivity contribution is 6.07. The van der Waals surface area contributed by atoms with Crippen LogP contribution in [0.4, 0.5) is 42.5 Å². The molecule has 2 atom stereocenters. The fraction of sp³-hybridized carbons (Fsp3) is 0.348. The molecule has 1 saturated carbocycles. The third kappa shape index (κ3) is 3.92. The molecule has 1 aliphatic heterocycles. The van der Waals surface area contributed by atoms with Gasteiger partial charge in [-0.25, -0.2) is 4.79 Å². The van der Waals surface area contributed by atoms with Crippen molar-refractivity contribution in [2.24, 2.45) is 0 Å². The molecule has 2 fully saturated rings. The molecule has 4 rings (SSSR count). The second-order valence-corrected chi connectivity index (χ2v) is 8.12. The number of hydrogen-bond acceptors (Lipinski definition) is 3. The van der Waals surface area contributed by atoms with Gasteiger partial charge in [-0.15, -0.1) is 0 Å². The maximum absolute atomic E-state index is 13.5. The predicted octanol–water partition coefficient (Wildman–Crippen LogP) is 6.23. The lowest BCUT2D eigenvalue weighted by Gasteiger charge is -2.32. The summed E-state index contributed by atoms with van der Waals surface area (Å²) in [4.78, 5) is 15.8. The topological polar surface area (TPSA) is 71.1 Å². The monoisotopic (exact) mass is 478 g/mol. The molecule has 1 aliphatic carbocycles. The molecule has 0 radical (unpaired) electrons. The van der Waals surface area contributed by atoms with Crippen molar-refractivity contribution in [3.8, 4) is 12.1 Å². The number of amides is 2. The Morgan fingerprint density at radius 3 is 1.44 bits per heavy atom. The van der Waals surface area contributed by atoms with Gasteiger partial charge in [0.2, 0.25) is 0 Å². The Hall–Kier alpha value is -3.73. The number of fused-ring (bicyclic) bond motifs is 1. The van der Waals surface area contributed by atoms with Gasteiger partial charge in [-0.2, -0.15) is 36.9 Å². The first-order valence-corrected chi connectivity index (χ1v) is 10.3. The van der Waals surface area contributed by atoms with Crippen LogP contribution in [-0.2, 0) is 12.4 Å². The van der Waals surface area contributed by atoms with Gasteiger partial charge in [0.25, 0.3) is 0 Å². The lowest BCUT2D eigenvalue weighted by molar-refractivity contribution is -0.138. The summed E-state index contributed by atoms with van der Waals surface area (Å²) in [6.45, 7) is 0. The normalized spacial score (nSPS) is 20.6. The van der Waals surface area contributed by atoms with Crippen LogP contribution in [0, 0.1) is 22.7 Å². The number of nitriles is 2. The zero-order valence-corrected chi connectivity index (χ0v) is 17.4. The summed E-state index contributed by atoms with van der Waals surface area (Å²) < 4.78 is 81.0. The van der Waals surface area contributed by atoms with Crippen LogP contribution in [0.25, 0.3) is 0 Å². The molecule has 1 saturated heterocycles. The van der Waals surface area contributed by atoms with E-state index in [2.05, 4.69) is 0 Å². The first kappa shape index (κ1) is 23.4. The number of anilines is 2. The van der Waals surface area contributed by atoms with Gasteiger partial charge in [-0.1, -0.05) is 12.8 Å². The molecule has 5 nitrogen and oxygen atoms in total. The summed E-state index contributed by atoms with van der Waals surface area (Å²) in [7, 11) is 0. The SMILES string of the molecule is N#Cc1ccc(N2C(=O)N(c3ccc(C#N)c(C(F)(F)F)c3)C3CCCCC32)cc1C(F)(F)F. The molecule has 34 heavy (non-hydrogen) atoms. The molecule has 11 heteroatoms. The van der Waals surface area contributed by atoms with E-state index >= 15 is 0 Å². The standard InChI is InChI=1S/C23H16F6N4O/c24-22(25,26)17-9-15(7-5-13(17)11-30)32-19-3-1-2-4-20(19)33(21(32)34)16-8-6-14(12-31)18(10-16)23(27,28)29/h5-10,19-20H,1-4H2. The number of benzene rings is 2. The Bertz CT molecular complexity index is 1130. The van der Waals surface area contributed by atoms with E-state index in [9.17, 15) is 31.1 Å². The highest BCUT2D eigenvalue weighted by atomic mass is 19.4. The number of alkyl halides is 6. The molecular formula is C23H16F6N4O. The fourth-order valence-electron chi connectivity index (χ4n) is 4.73. The summed E-state index contributed by atoms with van der Waals surface area (Å²) in [5, 5.41) is 18.1. The van der Waals surface area contributed by atoms with Crippen LogP contribution in [0.2, 0.25) is 0 Å². The molecule has 0 spiro atoms. The van der Waals surface area contributed by atoms with E-state index in [0.717, 1.165) is 24.3 Å². The highest BCUT2D eigenvalue weighted by Crippen LogP contribution is 2.43. The second kappa shape index (κ2) is 8.24. The molecule has 176 valence electrons. The average Bonchev–Trinajstić information content (AvgIpc) is 3.08. The summed E-state index contributed by atoms with van der Waals surface area (Å²) in [6, 6.07) is 7.00. The van der Waals surface area contributed by atoms with Crippen molar-refractivity contribution in [1.82, 2.24) is 0 Å². The molecule has 0 bridgehead atoms. The van der Waals surface area contributed by atoms with Gasteiger partial charge >= 0.3 is 18.4 Å². The maximum atomic E-state index is 13.5. The molecule has 1 heterocycles. The van der Waals surface area contributed by atoms with Crippen molar-refractivity contribution < 1.29 is 31.1 Å². The van der Waals surface area contributed by atoms with Gasteiger partial charge in [0, 0.05) is 11.4 Å². The van der Waals surface area contributed by atoms with Crippen LogP contribution in [0.15, 0.2) is 36.4 Å². The van der Waals surface area contributed by atoms with Crippen LogP contribution in [0.1, 0.15) is 47.9 Å². The molecule has 2 amide bonds. The van der Waals surface area contributed by atoms with E-state index in [1.165, 1.54) is 34.1 Å². The predicted molar refractivity (Wildman–Crippen MR) is 109 cm³/mol. The lowest BCUT2D eigenvalue weighted by Crippen LogP contribution is -2.40. The van der Waals surface area contributed by atoms with Gasteiger partial charge in [0.05, 0.1) is 46.5 Å². The second-order valence-electron chi connectivity index (χ2n) is 8.12. The molecule has 2 aliphatic rings. The quantitative estimate of drug-likeness (QED) is 0.481. The van der Waals surface area contributed by atoms with Crippen molar-refractivity contribution in [3.05, 3.63) is 58.7 Å². The minimum absolute atomic E-state index is 0.0829. The van der Waals surface area contributed by atoms with E-state index in [1.54, 1.807) is 0 Å². The molecule has 2 unspecified atom stereocenters. The Labute approximate surface area is 190 Å². The third-order valence-electron chi connectivity index (χ3n) is 6.18. The van der Waals surface area contributed by atoms with E-state index in [-0.39, 0.29) is 11.4 Å². The first-order valence-electron chi connectivity index (χ1n) is 10.3. The number of carbonyl (C=O) groups is 1. The van der Waals surface area contributed by atoms with Crippen molar-refractivity contribution in [1.29, 1.82) is 10.5 Å². The summed E-state index contributed by atoms with van der Waals surface area (Å²) in [6.07, 6.45) is -7.35. The summed E-state index contributed by atoms with van der Waals surface area (Å²) in [5.74, 6) is 0. The Balaban J connectivity index is 1.82. The molecule has 0 aromatic heterocycles. The van der Waals surface area contributed by atoms with Gasteiger partial charge in [0.15, 0.2) is 0 Å². The van der Waals surface area contributed by atoms with Crippen LogP contribution in [-0.4, -0.2) is 18.1 Å². The van der Waals surface area contributed by atoms with Gasteiger partial charge in [-0.3, -0.25) is 9.80 Å². The summed E-state index contributed by atoms with van der Waals surface area (Å²) >= 11 is 0. The number of urea groups is 1. The van der Waals surface area contributed by atoms with Crippen molar-refractivity contribution in [3.63, 3.8) is 0 Å². The smallest absolute Gasteiger partial charge is 0.289 e. The number of carbonyl (C=O) groups excluding carboxylic acids is 1. The highest BCUT2D eigenvalue weighted by Gasteiger charge is 2.49. The number of rotatable bonds is 2. The zero-order valence-electron chi connectivity index (χ0n) is 17.4. The van der Waals surface area contributed by atoms with Crippen LogP contribution >= 0.6 is 0 Å². The van der Waals surface area contributed by atoms with E-state index in [1.807, 2.05) is 0 Å². The van der Waals surface area contributed by atoms with Crippen LogP contribution in [0.5, 0.6) is 0 Å². The average molecular weight is 478 g/mol. The van der Waals surface area contributed by atoms with Gasteiger partial charge in [0.1, 0.15) is 0 Å². The van der Waals surface area contributed by atoms with Gasteiger partial charge in [-0.05, 0) is 49.2 Å². The van der Waals surface area contributed by atoms with Crippen molar-refractivity contribution in [2.75, 3.05) is 9.80 Å². The Kier molecular flexibility index (Phi) is 5.68. The van der Waals surface area contributed by atoms with Gasteiger partial charge < -0.3 is 0 Å². The first-order chi connectivity index (χ1) is 16.0. The van der Waals surface area contributed by atoms with E-state index in [4.69, 9.17) is 10.5 Å². The molecular weight excluding hydrogens is 462 g/mol. The zero-order chi connectivity index (χ0) is 24.8. The summed E-state index contributed by atoms with van der Waals surface area (Å²) in [5.41, 5.74) is -3.74. The lowest BCUT2D eigenvalue weighted by atomic mass is 9.89. The van der Waals surface area contributed by atoms with Crippen LogP contribution < -0.4 is 9.80 Å². The maximum Gasteiger partial charge on any atom is 0.417 e. The molecule has 2 aromatic rings. The van der Waals surface area contributed by atoms with Crippen molar-refractivity contribution >= 4 is 17.4 Å². The van der Waals surface area contributed by atoms with Crippen molar-refractivity contribution in [2.45, 2.75) is 50.1 Å². The fourth-order valence-corrected chi connectivity index (χ4v) is 4.73. The van der Waals surface area contributed by atoms with E-state index in [0.29, 0.717) is 25.7 Å². The number of nitrogens with zero attached hydrogens (tertiary/aromatic N) is 4. The van der Waals surface area contributed by atoms with E-state index < -0.39 is 52.7 Å². The third-order valence-corrected chi connectivity index (χ3v) is 6.18. The molecule has 2 aromatic carbocycles. The Morgan fingerprint density at radius 1 is 0.735 bits per heavy atom. The largest absolute Gasteiger partial charge is 0.417 e. The Morgan fingerprint density at radius 2 is 1.12 bits per heavy atom.